The van der Waals surface area contributed by atoms with Crippen molar-refractivity contribution in [3.63, 3.8) is 0 Å². The zero-order valence-corrected chi connectivity index (χ0v) is 12.7. The molecule has 1 saturated heterocycles. The molecule has 2 fully saturated rings. The maximum absolute atomic E-state index is 10.1. The van der Waals surface area contributed by atoms with Gasteiger partial charge in [0.05, 0.1) is 16.3 Å². The lowest BCUT2D eigenvalue weighted by Gasteiger charge is -2.56. The Morgan fingerprint density at radius 3 is 2.89 bits per heavy atom. The average molecular weight is 330 g/mol. The largest absolute Gasteiger partial charge is 0.392 e. The van der Waals surface area contributed by atoms with Crippen molar-refractivity contribution < 1.29 is 9.84 Å². The van der Waals surface area contributed by atoms with Gasteiger partial charge in [-0.15, -0.1) is 0 Å². The molecule has 1 aromatic rings. The van der Waals surface area contributed by atoms with Gasteiger partial charge >= 0.3 is 0 Å². The first-order valence-corrected chi connectivity index (χ1v) is 7.58. The van der Waals surface area contributed by atoms with E-state index in [0.717, 1.165) is 49.2 Å². The Morgan fingerprint density at radius 2 is 2.32 bits per heavy atom. The number of halogens is 1. The lowest BCUT2D eigenvalue weighted by atomic mass is 9.58. The number of aromatic nitrogens is 2. The van der Waals surface area contributed by atoms with Crippen LogP contribution in [0.1, 0.15) is 25.0 Å². The normalized spacial score (nSPS) is 29.4. The molecule has 0 unspecified atom stereocenters. The molecule has 0 aromatic carbocycles. The lowest BCUT2D eigenvalue weighted by Crippen LogP contribution is -2.64. The van der Waals surface area contributed by atoms with E-state index in [0.29, 0.717) is 6.04 Å². The third-order valence-electron chi connectivity index (χ3n) is 4.61. The molecule has 1 spiro atoms. The summed E-state index contributed by atoms with van der Waals surface area (Å²) in [5.74, 6) is 0. The molecule has 0 bridgehead atoms. The van der Waals surface area contributed by atoms with Crippen LogP contribution in [0.15, 0.2) is 10.7 Å². The minimum Gasteiger partial charge on any atom is -0.392 e. The van der Waals surface area contributed by atoms with Crippen molar-refractivity contribution in [1.29, 1.82) is 0 Å². The molecule has 106 valence electrons. The summed E-state index contributed by atoms with van der Waals surface area (Å²) in [5, 5.41) is 18.1. The second-order valence-corrected chi connectivity index (χ2v) is 6.48. The second-order valence-electron chi connectivity index (χ2n) is 5.63. The van der Waals surface area contributed by atoms with Gasteiger partial charge < -0.3 is 15.2 Å². The summed E-state index contributed by atoms with van der Waals surface area (Å²) < 4.78 is 8.26. The van der Waals surface area contributed by atoms with Gasteiger partial charge in [0, 0.05) is 44.5 Å². The number of nitrogens with zero attached hydrogens (tertiary/aromatic N) is 2. The Balaban J connectivity index is 1.62. The van der Waals surface area contributed by atoms with Gasteiger partial charge in [-0.05, 0) is 35.2 Å². The summed E-state index contributed by atoms with van der Waals surface area (Å²) in [6.07, 6.45) is 4.52. The highest BCUT2D eigenvalue weighted by atomic mass is 79.9. The first-order chi connectivity index (χ1) is 9.12. The van der Waals surface area contributed by atoms with E-state index in [4.69, 9.17) is 4.74 Å². The van der Waals surface area contributed by atoms with E-state index in [9.17, 15) is 5.11 Å². The van der Waals surface area contributed by atoms with Crippen LogP contribution in [0, 0.1) is 5.41 Å². The number of rotatable bonds is 3. The van der Waals surface area contributed by atoms with Crippen molar-refractivity contribution in [2.24, 2.45) is 12.5 Å². The smallest absolute Gasteiger partial charge is 0.0904 e. The van der Waals surface area contributed by atoms with E-state index in [-0.39, 0.29) is 11.5 Å². The van der Waals surface area contributed by atoms with Gasteiger partial charge in [-0.1, -0.05) is 0 Å². The Kier molecular flexibility index (Phi) is 3.68. The fourth-order valence-electron chi connectivity index (χ4n) is 3.33. The molecule has 2 aliphatic rings. The van der Waals surface area contributed by atoms with Crippen molar-refractivity contribution >= 4 is 15.9 Å². The second kappa shape index (κ2) is 5.16. The van der Waals surface area contributed by atoms with Gasteiger partial charge in [-0.25, -0.2) is 0 Å². The molecule has 1 aliphatic heterocycles. The van der Waals surface area contributed by atoms with E-state index in [2.05, 4.69) is 26.3 Å². The summed E-state index contributed by atoms with van der Waals surface area (Å²) in [4.78, 5) is 0. The van der Waals surface area contributed by atoms with Crippen LogP contribution in [0.2, 0.25) is 0 Å². The van der Waals surface area contributed by atoms with Gasteiger partial charge in [0.25, 0.3) is 0 Å². The number of ether oxygens (including phenoxy) is 1. The molecule has 3 rings (SSSR count). The number of nitrogens with one attached hydrogen (secondary N) is 1. The zero-order chi connectivity index (χ0) is 13.5. The van der Waals surface area contributed by atoms with E-state index in [1.54, 1.807) is 4.68 Å². The Hall–Kier alpha value is -0.430. The summed E-state index contributed by atoms with van der Waals surface area (Å²) in [5.41, 5.74) is 1.05. The monoisotopic (exact) mass is 329 g/mol. The third-order valence-corrected chi connectivity index (χ3v) is 5.27. The van der Waals surface area contributed by atoms with Crippen LogP contribution in [0.4, 0.5) is 0 Å². The maximum atomic E-state index is 10.1. The standard InChI is InChI=1S/C13H20BrN3O2/c1-17-8-9(14)10(16-17)7-15-11-6-12(18)13(11)2-4-19-5-3-13/h8,11-12,15,18H,2-7H2,1H3/t11-,12-/m1/s1. The van der Waals surface area contributed by atoms with Gasteiger partial charge in [-0.3, -0.25) is 4.68 Å². The van der Waals surface area contributed by atoms with Crippen molar-refractivity contribution in [2.45, 2.75) is 38.0 Å². The van der Waals surface area contributed by atoms with Crippen LogP contribution in [-0.2, 0) is 18.3 Å². The number of hydrogen-bond acceptors (Lipinski definition) is 4. The molecule has 19 heavy (non-hydrogen) atoms. The predicted molar refractivity (Wildman–Crippen MR) is 74.6 cm³/mol. The molecule has 1 saturated carbocycles. The molecule has 0 amide bonds. The molecule has 2 N–H and O–H groups in total. The van der Waals surface area contributed by atoms with Crippen molar-refractivity contribution in [2.75, 3.05) is 13.2 Å². The molecule has 5 nitrogen and oxygen atoms in total. The van der Waals surface area contributed by atoms with Crippen molar-refractivity contribution in [1.82, 2.24) is 15.1 Å². The Bertz CT molecular complexity index is 457. The molecule has 0 radical (unpaired) electrons. The van der Waals surface area contributed by atoms with Crippen LogP contribution in [-0.4, -0.2) is 40.2 Å². The number of aliphatic hydroxyl groups excluding tert-OH is 1. The van der Waals surface area contributed by atoms with E-state index >= 15 is 0 Å². The van der Waals surface area contributed by atoms with Gasteiger partial charge in [0.2, 0.25) is 0 Å². The molecule has 2 atom stereocenters. The Labute approximate surface area is 121 Å². The average Bonchev–Trinajstić information content (AvgIpc) is 2.73. The predicted octanol–water partition coefficient (Wildman–Crippen LogP) is 1.20. The first-order valence-electron chi connectivity index (χ1n) is 6.79. The summed E-state index contributed by atoms with van der Waals surface area (Å²) in [7, 11) is 1.92. The van der Waals surface area contributed by atoms with Crippen LogP contribution >= 0.6 is 15.9 Å². The quantitative estimate of drug-likeness (QED) is 0.874. The van der Waals surface area contributed by atoms with Crippen LogP contribution < -0.4 is 5.32 Å². The summed E-state index contributed by atoms with van der Waals surface area (Å²) in [6, 6.07) is 0.375. The SMILES string of the molecule is Cn1cc(Br)c(CN[C@@H]2C[C@@H](O)C23CCOCC3)n1. The first kappa shape index (κ1) is 13.5. The Morgan fingerprint density at radius 1 is 1.58 bits per heavy atom. The van der Waals surface area contributed by atoms with Crippen molar-refractivity contribution in [3.8, 4) is 0 Å². The van der Waals surface area contributed by atoms with Gasteiger partial charge in [0.1, 0.15) is 0 Å². The number of aryl methyl sites for hydroxylation is 1. The molecular weight excluding hydrogens is 310 g/mol. The van der Waals surface area contributed by atoms with Gasteiger partial charge in [-0.2, -0.15) is 5.10 Å². The topological polar surface area (TPSA) is 59.3 Å². The van der Waals surface area contributed by atoms with Crippen molar-refractivity contribution in [3.05, 3.63) is 16.4 Å². The highest BCUT2D eigenvalue weighted by Gasteiger charge is 2.54. The molecule has 1 aliphatic carbocycles. The zero-order valence-electron chi connectivity index (χ0n) is 11.1. The van der Waals surface area contributed by atoms with Gasteiger partial charge in [0.15, 0.2) is 0 Å². The van der Waals surface area contributed by atoms with Crippen LogP contribution in [0.3, 0.4) is 0 Å². The van der Waals surface area contributed by atoms with E-state index in [1.165, 1.54) is 0 Å². The van der Waals surface area contributed by atoms with E-state index < -0.39 is 0 Å². The number of hydrogen-bond donors (Lipinski definition) is 2. The summed E-state index contributed by atoms with van der Waals surface area (Å²) >= 11 is 3.51. The van der Waals surface area contributed by atoms with Crippen LogP contribution in [0.25, 0.3) is 0 Å². The highest BCUT2D eigenvalue weighted by molar-refractivity contribution is 9.10. The minimum absolute atomic E-state index is 0.0273. The molecule has 6 heteroatoms. The third kappa shape index (κ3) is 2.35. The summed E-state index contributed by atoms with van der Waals surface area (Å²) in [6.45, 7) is 2.27. The molecule has 1 aromatic heterocycles. The number of aliphatic hydroxyl groups is 1. The highest BCUT2D eigenvalue weighted by Crippen LogP contribution is 2.49. The molecule has 2 heterocycles. The molecular formula is C13H20BrN3O2. The van der Waals surface area contributed by atoms with Crippen LogP contribution in [0.5, 0.6) is 0 Å². The lowest BCUT2D eigenvalue weighted by molar-refractivity contribution is -0.149. The fraction of sp³-hybridized carbons (Fsp3) is 0.769. The minimum atomic E-state index is -0.180. The maximum Gasteiger partial charge on any atom is 0.0904 e. The fourth-order valence-corrected chi connectivity index (χ4v) is 3.85. The van der Waals surface area contributed by atoms with E-state index in [1.807, 2.05) is 13.2 Å².